The minimum atomic E-state index is -0.0399. The molecule has 2 aliphatic rings. The maximum Gasteiger partial charge on any atom is 0.323 e. The third-order valence-corrected chi connectivity index (χ3v) is 6.29. The van der Waals surface area contributed by atoms with Crippen LogP contribution in [0.15, 0.2) is 54.6 Å². The Bertz CT molecular complexity index is 886. The van der Waals surface area contributed by atoms with Crippen molar-refractivity contribution in [2.75, 3.05) is 11.4 Å². The highest BCUT2D eigenvalue weighted by molar-refractivity contribution is 5.93. The Kier molecular flexibility index (Phi) is 6.66. The van der Waals surface area contributed by atoms with Gasteiger partial charge in [-0.25, -0.2) is 4.79 Å². The van der Waals surface area contributed by atoms with Crippen LogP contribution in [0.3, 0.4) is 0 Å². The first kappa shape index (κ1) is 20.4. The van der Waals surface area contributed by atoms with Crippen LogP contribution in [0, 0.1) is 11.3 Å². The Morgan fingerprint density at radius 2 is 1.80 bits per heavy atom. The average Bonchev–Trinajstić information content (AvgIpc) is 3.30. The van der Waals surface area contributed by atoms with Gasteiger partial charge in [0.25, 0.3) is 0 Å². The zero-order valence-electron chi connectivity index (χ0n) is 17.5. The Labute approximate surface area is 179 Å². The molecule has 2 amide bonds. The molecule has 1 saturated heterocycles. The SMILES string of the molecule is N#Cc1cccc(N(C(=O)NC2CCCCN2Cc2ccccc2)C2CCCC2)c1. The molecule has 4 rings (SSSR count). The van der Waals surface area contributed by atoms with Crippen molar-refractivity contribution in [1.82, 2.24) is 10.2 Å². The molecule has 2 fully saturated rings. The van der Waals surface area contributed by atoms with E-state index in [1.807, 2.05) is 29.2 Å². The number of nitrogens with one attached hydrogen (secondary N) is 1. The van der Waals surface area contributed by atoms with Crippen LogP contribution in [0.4, 0.5) is 10.5 Å². The van der Waals surface area contributed by atoms with Crippen molar-refractivity contribution in [3.8, 4) is 6.07 Å². The van der Waals surface area contributed by atoms with E-state index in [1.54, 1.807) is 6.07 Å². The van der Waals surface area contributed by atoms with Crippen molar-refractivity contribution in [2.45, 2.75) is 63.7 Å². The fourth-order valence-corrected chi connectivity index (χ4v) is 4.76. The molecule has 0 bridgehead atoms. The van der Waals surface area contributed by atoms with E-state index in [-0.39, 0.29) is 18.2 Å². The van der Waals surface area contributed by atoms with Crippen LogP contribution in [0.1, 0.15) is 56.1 Å². The van der Waals surface area contributed by atoms with Gasteiger partial charge in [-0.3, -0.25) is 9.80 Å². The number of nitrogens with zero attached hydrogens (tertiary/aromatic N) is 3. The van der Waals surface area contributed by atoms with Gasteiger partial charge in [0, 0.05) is 24.8 Å². The van der Waals surface area contributed by atoms with Crippen LogP contribution >= 0.6 is 0 Å². The van der Waals surface area contributed by atoms with Crippen molar-refractivity contribution in [1.29, 1.82) is 5.26 Å². The summed E-state index contributed by atoms with van der Waals surface area (Å²) in [7, 11) is 0. The number of hydrogen-bond acceptors (Lipinski definition) is 3. The Hall–Kier alpha value is -2.84. The highest BCUT2D eigenvalue weighted by atomic mass is 16.2. The third kappa shape index (κ3) is 4.83. The van der Waals surface area contributed by atoms with Gasteiger partial charge in [0.15, 0.2) is 0 Å². The Balaban J connectivity index is 1.52. The first-order valence-electron chi connectivity index (χ1n) is 11.1. The van der Waals surface area contributed by atoms with Crippen molar-refractivity contribution in [3.05, 3.63) is 65.7 Å². The highest BCUT2D eigenvalue weighted by Crippen LogP contribution is 2.29. The molecular weight excluding hydrogens is 372 g/mol. The number of benzene rings is 2. The monoisotopic (exact) mass is 402 g/mol. The predicted molar refractivity (Wildman–Crippen MR) is 119 cm³/mol. The lowest BCUT2D eigenvalue weighted by atomic mass is 10.1. The normalized spacial score (nSPS) is 19.9. The summed E-state index contributed by atoms with van der Waals surface area (Å²) in [5, 5.41) is 12.6. The molecule has 5 heteroatoms. The zero-order valence-corrected chi connectivity index (χ0v) is 17.5. The second kappa shape index (κ2) is 9.77. The van der Waals surface area contributed by atoms with E-state index in [0.717, 1.165) is 63.7 Å². The molecule has 1 aliphatic heterocycles. The van der Waals surface area contributed by atoms with Crippen molar-refractivity contribution in [2.24, 2.45) is 0 Å². The molecule has 2 aromatic carbocycles. The first-order valence-corrected chi connectivity index (χ1v) is 11.1. The minimum Gasteiger partial charge on any atom is -0.322 e. The quantitative estimate of drug-likeness (QED) is 0.763. The number of carbonyl (C=O) groups excluding carboxylic acids is 1. The number of carbonyl (C=O) groups is 1. The molecule has 30 heavy (non-hydrogen) atoms. The maximum absolute atomic E-state index is 13.5. The van der Waals surface area contributed by atoms with Gasteiger partial charge < -0.3 is 5.32 Å². The summed E-state index contributed by atoms with van der Waals surface area (Å²) < 4.78 is 0. The number of urea groups is 1. The molecule has 2 aromatic rings. The fraction of sp³-hybridized carbons (Fsp3) is 0.440. The van der Waals surface area contributed by atoms with E-state index >= 15 is 0 Å². The molecular formula is C25H30N4O. The summed E-state index contributed by atoms with van der Waals surface area (Å²) in [6.07, 6.45) is 7.63. The summed E-state index contributed by atoms with van der Waals surface area (Å²) in [6, 6.07) is 20.3. The lowest BCUT2D eigenvalue weighted by molar-refractivity contribution is 0.118. The zero-order chi connectivity index (χ0) is 20.8. The number of hydrogen-bond donors (Lipinski definition) is 1. The van der Waals surface area contributed by atoms with Crippen molar-refractivity contribution >= 4 is 11.7 Å². The lowest BCUT2D eigenvalue weighted by Crippen LogP contribution is -2.55. The number of piperidine rings is 1. The summed E-state index contributed by atoms with van der Waals surface area (Å²) in [5.74, 6) is 0. The second-order valence-electron chi connectivity index (χ2n) is 8.39. The topological polar surface area (TPSA) is 59.4 Å². The van der Waals surface area contributed by atoms with E-state index in [1.165, 1.54) is 5.56 Å². The van der Waals surface area contributed by atoms with Crippen molar-refractivity contribution < 1.29 is 4.79 Å². The van der Waals surface area contributed by atoms with E-state index < -0.39 is 0 Å². The molecule has 1 saturated carbocycles. The predicted octanol–water partition coefficient (Wildman–Crippen LogP) is 5.03. The largest absolute Gasteiger partial charge is 0.323 e. The van der Waals surface area contributed by atoms with Crippen LogP contribution in [0.5, 0.6) is 0 Å². The number of anilines is 1. The molecule has 0 spiro atoms. The molecule has 1 aliphatic carbocycles. The van der Waals surface area contributed by atoms with E-state index in [0.29, 0.717) is 5.56 Å². The Morgan fingerprint density at radius 3 is 2.57 bits per heavy atom. The van der Waals surface area contributed by atoms with E-state index in [2.05, 4.69) is 40.6 Å². The van der Waals surface area contributed by atoms with Gasteiger partial charge in [0.2, 0.25) is 0 Å². The summed E-state index contributed by atoms with van der Waals surface area (Å²) in [5.41, 5.74) is 2.68. The molecule has 0 aromatic heterocycles. The third-order valence-electron chi connectivity index (χ3n) is 6.29. The molecule has 1 unspecified atom stereocenters. The van der Waals surface area contributed by atoms with Gasteiger partial charge in [-0.15, -0.1) is 0 Å². The molecule has 5 nitrogen and oxygen atoms in total. The van der Waals surface area contributed by atoms with Crippen molar-refractivity contribution in [3.63, 3.8) is 0 Å². The standard InChI is InChI=1S/C25H30N4O/c26-18-21-11-8-14-23(17-21)29(22-12-4-5-13-22)25(30)27-24-15-6-7-16-28(24)19-20-9-2-1-3-10-20/h1-3,8-11,14,17,22,24H,4-7,12-13,15-16,19H2,(H,27,30). The van der Waals surface area contributed by atoms with E-state index in [9.17, 15) is 10.1 Å². The molecule has 1 atom stereocenters. The fourth-order valence-electron chi connectivity index (χ4n) is 4.76. The average molecular weight is 403 g/mol. The second-order valence-corrected chi connectivity index (χ2v) is 8.39. The van der Waals surface area contributed by atoms with Crippen LogP contribution in [0.2, 0.25) is 0 Å². The smallest absolute Gasteiger partial charge is 0.322 e. The number of amides is 2. The van der Waals surface area contributed by atoms with Gasteiger partial charge in [-0.05, 0) is 55.9 Å². The van der Waals surface area contributed by atoms with Gasteiger partial charge in [0.1, 0.15) is 0 Å². The lowest BCUT2D eigenvalue weighted by Gasteiger charge is -2.38. The van der Waals surface area contributed by atoms with Gasteiger partial charge >= 0.3 is 6.03 Å². The molecule has 1 heterocycles. The van der Waals surface area contributed by atoms with Gasteiger partial charge in [0.05, 0.1) is 17.8 Å². The summed E-state index contributed by atoms with van der Waals surface area (Å²) in [6.45, 7) is 1.84. The number of rotatable bonds is 5. The number of nitriles is 1. The summed E-state index contributed by atoms with van der Waals surface area (Å²) in [4.78, 5) is 17.8. The van der Waals surface area contributed by atoms with Gasteiger partial charge in [-0.1, -0.05) is 49.2 Å². The number of likely N-dealkylation sites (tertiary alicyclic amines) is 1. The van der Waals surface area contributed by atoms with Gasteiger partial charge in [-0.2, -0.15) is 5.26 Å². The maximum atomic E-state index is 13.5. The molecule has 0 radical (unpaired) electrons. The summed E-state index contributed by atoms with van der Waals surface area (Å²) >= 11 is 0. The Morgan fingerprint density at radius 1 is 1.03 bits per heavy atom. The molecule has 156 valence electrons. The minimum absolute atomic E-state index is 0.0366. The van der Waals surface area contributed by atoms with Crippen LogP contribution < -0.4 is 10.2 Å². The van der Waals surface area contributed by atoms with Crippen LogP contribution in [-0.4, -0.2) is 29.7 Å². The highest BCUT2D eigenvalue weighted by Gasteiger charge is 2.31. The first-order chi connectivity index (χ1) is 14.7. The van der Waals surface area contributed by atoms with Crippen LogP contribution in [0.25, 0.3) is 0 Å². The molecule has 1 N–H and O–H groups in total. The van der Waals surface area contributed by atoms with E-state index in [4.69, 9.17) is 0 Å². The van der Waals surface area contributed by atoms with Crippen LogP contribution in [-0.2, 0) is 6.54 Å².